The van der Waals surface area contributed by atoms with Gasteiger partial charge in [-0.2, -0.15) is 5.26 Å². The van der Waals surface area contributed by atoms with Crippen LogP contribution in [0.15, 0.2) is 18.6 Å². The maximum absolute atomic E-state index is 12.4. The Balaban J connectivity index is 1.73. The predicted octanol–water partition coefficient (Wildman–Crippen LogP) is 4.52. The topological polar surface area (TPSA) is 88.9 Å². The van der Waals surface area contributed by atoms with Crippen LogP contribution in [0.3, 0.4) is 0 Å². The van der Waals surface area contributed by atoms with Gasteiger partial charge in [-0.05, 0) is 30.7 Å². The number of aromatic amines is 1. The van der Waals surface area contributed by atoms with E-state index in [1.54, 1.807) is 6.33 Å². The molecule has 0 saturated carbocycles. The molecule has 0 aliphatic carbocycles. The molecule has 1 aliphatic heterocycles. The summed E-state index contributed by atoms with van der Waals surface area (Å²) in [6, 6.07) is 4.19. The van der Waals surface area contributed by atoms with E-state index in [9.17, 15) is 4.79 Å². The number of amides is 1. The number of nitrogens with zero attached hydrogens (tertiary/aromatic N) is 5. The number of likely N-dealkylation sites (N-methyl/N-ethyl adjacent to an activating group) is 1. The van der Waals surface area contributed by atoms with Gasteiger partial charge in [0, 0.05) is 26.3 Å². The van der Waals surface area contributed by atoms with Crippen LogP contribution in [0.2, 0.25) is 0 Å². The molecular weight excluding hydrogens is 388 g/mol. The zero-order valence-electron chi connectivity index (χ0n) is 19.2. The van der Waals surface area contributed by atoms with Crippen LogP contribution in [0, 0.1) is 23.2 Å². The fourth-order valence-electron chi connectivity index (χ4n) is 4.88. The smallest absolute Gasteiger partial charge is 0.236 e. The molecule has 7 heteroatoms. The molecule has 3 rings (SSSR count). The van der Waals surface area contributed by atoms with Crippen LogP contribution in [0.1, 0.15) is 65.2 Å². The summed E-state index contributed by atoms with van der Waals surface area (Å²) in [7, 11) is 2.08. The van der Waals surface area contributed by atoms with Crippen LogP contribution in [0.25, 0.3) is 11.0 Å². The lowest BCUT2D eigenvalue weighted by Gasteiger charge is -2.43. The van der Waals surface area contributed by atoms with E-state index in [4.69, 9.17) is 5.26 Å². The van der Waals surface area contributed by atoms with Crippen LogP contribution in [0.5, 0.6) is 0 Å². The van der Waals surface area contributed by atoms with Crippen molar-refractivity contribution in [1.82, 2.24) is 19.9 Å². The molecule has 0 radical (unpaired) electrons. The second-order valence-corrected chi connectivity index (χ2v) is 9.02. The van der Waals surface area contributed by atoms with E-state index in [2.05, 4.69) is 40.7 Å². The summed E-state index contributed by atoms with van der Waals surface area (Å²) < 4.78 is 0. The molecule has 0 aromatic carbocycles. The molecule has 1 amide bonds. The SMILES string of the molecule is CCCCC(C)CCCC1CCN(C(=O)CC#N)CC1N(C)c1ncnc2[nH]ccc12. The third-order valence-electron chi connectivity index (χ3n) is 6.79. The summed E-state index contributed by atoms with van der Waals surface area (Å²) in [6.07, 6.45) is 11.9. The second kappa shape index (κ2) is 11.1. The molecule has 168 valence electrons. The van der Waals surface area contributed by atoms with Gasteiger partial charge in [0.05, 0.1) is 17.5 Å². The normalized spacial score (nSPS) is 19.9. The summed E-state index contributed by atoms with van der Waals surface area (Å²) in [6.45, 7) is 6.00. The van der Waals surface area contributed by atoms with Gasteiger partial charge in [0.2, 0.25) is 5.91 Å². The Hall–Kier alpha value is -2.62. The lowest BCUT2D eigenvalue weighted by Crippen LogP contribution is -2.53. The van der Waals surface area contributed by atoms with Crippen molar-refractivity contribution >= 4 is 22.8 Å². The van der Waals surface area contributed by atoms with Crippen LogP contribution < -0.4 is 4.90 Å². The Morgan fingerprint density at radius 1 is 1.39 bits per heavy atom. The Morgan fingerprint density at radius 3 is 2.97 bits per heavy atom. The third-order valence-corrected chi connectivity index (χ3v) is 6.79. The Morgan fingerprint density at radius 2 is 2.19 bits per heavy atom. The summed E-state index contributed by atoms with van der Waals surface area (Å²) in [5, 5.41) is 9.97. The van der Waals surface area contributed by atoms with E-state index in [0.717, 1.165) is 42.2 Å². The number of unbranched alkanes of at least 4 members (excludes halogenated alkanes) is 1. The first-order chi connectivity index (χ1) is 15.0. The minimum absolute atomic E-state index is 0.0500. The summed E-state index contributed by atoms with van der Waals surface area (Å²) in [4.78, 5) is 28.6. The Kier molecular flexibility index (Phi) is 8.27. The molecular formula is C24H36N6O. The first-order valence-electron chi connectivity index (χ1n) is 11.7. The quantitative estimate of drug-likeness (QED) is 0.606. The monoisotopic (exact) mass is 424 g/mol. The van der Waals surface area contributed by atoms with Gasteiger partial charge in [-0.3, -0.25) is 4.79 Å². The van der Waals surface area contributed by atoms with Crippen molar-refractivity contribution in [2.45, 2.75) is 71.3 Å². The average Bonchev–Trinajstić information content (AvgIpc) is 3.26. The molecule has 1 fully saturated rings. The van der Waals surface area contributed by atoms with Crippen LogP contribution in [-0.4, -0.2) is 51.9 Å². The standard InChI is InChI=1S/C24H36N6O/c1-4-5-7-18(2)8-6-9-19-12-15-30(22(31)10-13-25)16-21(19)29(3)24-20-11-14-26-23(20)27-17-28-24/h11,14,17-19,21H,4-10,12,15-16H2,1-3H3,(H,26,27,28). The van der Waals surface area contributed by atoms with Crippen molar-refractivity contribution < 1.29 is 4.79 Å². The van der Waals surface area contributed by atoms with E-state index in [0.29, 0.717) is 12.5 Å². The number of H-pyrrole nitrogens is 1. The number of carbonyl (C=O) groups is 1. The second-order valence-electron chi connectivity index (χ2n) is 9.02. The lowest BCUT2D eigenvalue weighted by atomic mass is 9.84. The number of nitrogens with one attached hydrogen (secondary N) is 1. The van der Waals surface area contributed by atoms with E-state index in [1.165, 1.54) is 32.1 Å². The number of rotatable bonds is 10. The molecule has 1 N–H and O–H groups in total. The number of piperidine rings is 1. The number of carbonyl (C=O) groups excluding carboxylic acids is 1. The van der Waals surface area contributed by atoms with Gasteiger partial charge >= 0.3 is 0 Å². The zero-order chi connectivity index (χ0) is 22.2. The molecule has 3 unspecified atom stereocenters. The first kappa shape index (κ1) is 23.1. The molecule has 1 aliphatic rings. The lowest BCUT2D eigenvalue weighted by molar-refractivity contribution is -0.131. The van der Waals surface area contributed by atoms with E-state index in [-0.39, 0.29) is 18.4 Å². The van der Waals surface area contributed by atoms with Gasteiger partial charge in [-0.1, -0.05) is 46.0 Å². The first-order valence-corrected chi connectivity index (χ1v) is 11.7. The minimum Gasteiger partial charge on any atom is -0.354 e. The van der Waals surface area contributed by atoms with Crippen LogP contribution >= 0.6 is 0 Å². The number of anilines is 1. The number of hydrogen-bond donors (Lipinski definition) is 1. The highest BCUT2D eigenvalue weighted by molar-refractivity contribution is 5.87. The Bertz CT molecular complexity index is 888. The number of nitriles is 1. The number of likely N-dealkylation sites (tertiary alicyclic amines) is 1. The molecule has 2 aromatic heterocycles. The fraction of sp³-hybridized carbons (Fsp3) is 0.667. The molecule has 1 saturated heterocycles. The highest BCUT2D eigenvalue weighted by Gasteiger charge is 2.34. The van der Waals surface area contributed by atoms with E-state index in [1.807, 2.05) is 23.2 Å². The van der Waals surface area contributed by atoms with Crippen molar-refractivity contribution in [3.8, 4) is 6.07 Å². The van der Waals surface area contributed by atoms with Gasteiger partial charge < -0.3 is 14.8 Å². The number of fused-ring (bicyclic) bond motifs is 1. The van der Waals surface area contributed by atoms with E-state index >= 15 is 0 Å². The maximum Gasteiger partial charge on any atom is 0.236 e. The van der Waals surface area contributed by atoms with Crippen molar-refractivity contribution in [2.24, 2.45) is 11.8 Å². The molecule has 7 nitrogen and oxygen atoms in total. The maximum atomic E-state index is 12.4. The number of aromatic nitrogens is 3. The average molecular weight is 425 g/mol. The highest BCUT2D eigenvalue weighted by atomic mass is 16.2. The molecule has 31 heavy (non-hydrogen) atoms. The van der Waals surface area contributed by atoms with Crippen molar-refractivity contribution in [3.05, 3.63) is 18.6 Å². The fourth-order valence-corrected chi connectivity index (χ4v) is 4.88. The molecule has 3 atom stereocenters. The van der Waals surface area contributed by atoms with Gasteiger partial charge in [0.25, 0.3) is 0 Å². The van der Waals surface area contributed by atoms with Crippen molar-refractivity contribution in [1.29, 1.82) is 5.26 Å². The summed E-state index contributed by atoms with van der Waals surface area (Å²) in [5.41, 5.74) is 0.825. The Labute approximate surface area is 185 Å². The third kappa shape index (κ3) is 5.75. The molecule has 0 spiro atoms. The zero-order valence-corrected chi connectivity index (χ0v) is 19.2. The van der Waals surface area contributed by atoms with Crippen LogP contribution in [-0.2, 0) is 4.79 Å². The summed E-state index contributed by atoms with van der Waals surface area (Å²) >= 11 is 0. The molecule has 3 heterocycles. The van der Waals surface area contributed by atoms with Crippen molar-refractivity contribution in [2.75, 3.05) is 25.0 Å². The van der Waals surface area contributed by atoms with E-state index < -0.39 is 0 Å². The number of hydrogen-bond acceptors (Lipinski definition) is 5. The van der Waals surface area contributed by atoms with Gasteiger partial charge in [0.1, 0.15) is 24.2 Å². The summed E-state index contributed by atoms with van der Waals surface area (Å²) in [5.74, 6) is 2.10. The largest absolute Gasteiger partial charge is 0.354 e. The van der Waals surface area contributed by atoms with Crippen LogP contribution in [0.4, 0.5) is 5.82 Å². The minimum atomic E-state index is -0.0676. The molecule has 0 bridgehead atoms. The predicted molar refractivity (Wildman–Crippen MR) is 124 cm³/mol. The highest BCUT2D eigenvalue weighted by Crippen LogP contribution is 2.32. The molecule has 2 aromatic rings. The van der Waals surface area contributed by atoms with Crippen molar-refractivity contribution in [3.63, 3.8) is 0 Å². The van der Waals surface area contributed by atoms with Gasteiger partial charge in [0.15, 0.2) is 0 Å². The van der Waals surface area contributed by atoms with Gasteiger partial charge in [-0.15, -0.1) is 0 Å². The van der Waals surface area contributed by atoms with Gasteiger partial charge in [-0.25, -0.2) is 9.97 Å².